The van der Waals surface area contributed by atoms with Crippen LogP contribution in [0.2, 0.25) is 0 Å². The van der Waals surface area contributed by atoms with E-state index in [9.17, 15) is 9.59 Å². The van der Waals surface area contributed by atoms with Gasteiger partial charge >= 0.3 is 5.97 Å². The standard InChI is InChI=1S/C24H22N2O5/c1-17-6-10-21(11-7-17)30-16-23(27)26-25-15-18-4-3-5-22(14-18)31-24(28)19-8-12-20(29-2)13-9-19/h3-15H,16H2,1-2H3,(H,26,27)/b25-15-. The van der Waals surface area contributed by atoms with Gasteiger partial charge in [-0.15, -0.1) is 0 Å². The fraction of sp³-hybridized carbons (Fsp3) is 0.125. The Hall–Kier alpha value is -4.13. The molecule has 1 N–H and O–H groups in total. The first kappa shape index (κ1) is 21.6. The van der Waals surface area contributed by atoms with Crippen LogP contribution in [-0.2, 0) is 4.79 Å². The summed E-state index contributed by atoms with van der Waals surface area (Å²) in [5, 5.41) is 3.91. The third-order valence-corrected chi connectivity index (χ3v) is 4.19. The molecule has 0 fully saturated rings. The number of nitrogens with one attached hydrogen (secondary N) is 1. The molecule has 3 rings (SSSR count). The Balaban J connectivity index is 1.50. The molecular weight excluding hydrogens is 396 g/mol. The SMILES string of the molecule is COc1ccc(C(=O)Oc2cccc(/C=N\NC(=O)COc3ccc(C)cc3)c2)cc1. The first-order chi connectivity index (χ1) is 15.0. The molecule has 0 spiro atoms. The number of aryl methyl sites for hydroxylation is 1. The normalized spacial score (nSPS) is 10.5. The van der Waals surface area contributed by atoms with Gasteiger partial charge in [0.05, 0.1) is 18.9 Å². The van der Waals surface area contributed by atoms with Crippen molar-refractivity contribution in [3.63, 3.8) is 0 Å². The number of benzene rings is 3. The maximum absolute atomic E-state index is 12.3. The van der Waals surface area contributed by atoms with E-state index in [2.05, 4.69) is 10.5 Å². The zero-order valence-electron chi connectivity index (χ0n) is 17.2. The molecule has 0 aliphatic rings. The molecule has 0 atom stereocenters. The second-order valence-electron chi connectivity index (χ2n) is 6.59. The molecule has 1 amide bonds. The summed E-state index contributed by atoms with van der Waals surface area (Å²) in [5.41, 5.74) is 4.56. The minimum absolute atomic E-state index is 0.153. The van der Waals surface area contributed by atoms with Gasteiger partial charge in [0.1, 0.15) is 17.2 Å². The van der Waals surface area contributed by atoms with Crippen molar-refractivity contribution in [3.8, 4) is 17.2 Å². The highest BCUT2D eigenvalue weighted by Gasteiger charge is 2.09. The second kappa shape index (κ2) is 10.6. The van der Waals surface area contributed by atoms with Gasteiger partial charge in [-0.25, -0.2) is 10.2 Å². The summed E-state index contributed by atoms with van der Waals surface area (Å²) in [6, 6.07) is 20.8. The largest absolute Gasteiger partial charge is 0.497 e. The van der Waals surface area contributed by atoms with Gasteiger partial charge in [-0.05, 0) is 61.0 Å². The molecule has 3 aromatic rings. The number of rotatable bonds is 8. The van der Waals surface area contributed by atoms with Gasteiger partial charge in [0.2, 0.25) is 0 Å². The molecule has 0 radical (unpaired) electrons. The Kier molecular flexibility index (Phi) is 7.37. The average Bonchev–Trinajstić information content (AvgIpc) is 2.79. The van der Waals surface area contributed by atoms with Gasteiger partial charge in [0, 0.05) is 0 Å². The van der Waals surface area contributed by atoms with E-state index in [0.29, 0.717) is 28.4 Å². The van der Waals surface area contributed by atoms with Crippen LogP contribution in [0.15, 0.2) is 77.9 Å². The quantitative estimate of drug-likeness (QED) is 0.261. The van der Waals surface area contributed by atoms with Crippen molar-refractivity contribution >= 4 is 18.1 Å². The molecule has 0 aliphatic heterocycles. The summed E-state index contributed by atoms with van der Waals surface area (Å²) < 4.78 is 15.9. The Labute approximate surface area is 180 Å². The van der Waals surface area contributed by atoms with Crippen LogP contribution in [0.1, 0.15) is 21.5 Å². The van der Waals surface area contributed by atoms with E-state index < -0.39 is 5.97 Å². The molecule has 0 saturated heterocycles. The van der Waals surface area contributed by atoms with E-state index in [1.54, 1.807) is 67.8 Å². The van der Waals surface area contributed by atoms with E-state index in [1.807, 2.05) is 19.1 Å². The van der Waals surface area contributed by atoms with E-state index in [1.165, 1.54) is 6.21 Å². The summed E-state index contributed by atoms with van der Waals surface area (Å²) in [5.74, 6) is 0.744. The Bertz CT molecular complexity index is 1060. The van der Waals surface area contributed by atoms with Crippen molar-refractivity contribution in [2.45, 2.75) is 6.92 Å². The number of hydrogen-bond donors (Lipinski definition) is 1. The monoisotopic (exact) mass is 418 g/mol. The third-order valence-electron chi connectivity index (χ3n) is 4.19. The van der Waals surface area contributed by atoms with Gasteiger partial charge < -0.3 is 14.2 Å². The van der Waals surface area contributed by atoms with Crippen molar-refractivity contribution in [1.82, 2.24) is 5.43 Å². The number of nitrogens with zero attached hydrogens (tertiary/aromatic N) is 1. The number of carbonyl (C=O) groups is 2. The van der Waals surface area contributed by atoms with Crippen LogP contribution >= 0.6 is 0 Å². The Morgan fingerprint density at radius 3 is 2.35 bits per heavy atom. The predicted octanol–water partition coefficient (Wildman–Crippen LogP) is 3.75. The number of hydrogen-bond acceptors (Lipinski definition) is 6. The minimum Gasteiger partial charge on any atom is -0.497 e. The fourth-order valence-corrected chi connectivity index (χ4v) is 2.55. The van der Waals surface area contributed by atoms with Crippen LogP contribution < -0.4 is 19.6 Å². The van der Waals surface area contributed by atoms with E-state index in [-0.39, 0.29) is 12.5 Å². The second-order valence-corrected chi connectivity index (χ2v) is 6.59. The highest BCUT2D eigenvalue weighted by molar-refractivity contribution is 5.91. The highest BCUT2D eigenvalue weighted by Crippen LogP contribution is 2.16. The maximum atomic E-state index is 12.3. The molecule has 3 aromatic carbocycles. The first-order valence-corrected chi connectivity index (χ1v) is 9.51. The van der Waals surface area contributed by atoms with Crippen LogP contribution in [0.4, 0.5) is 0 Å². The molecule has 7 nitrogen and oxygen atoms in total. The zero-order chi connectivity index (χ0) is 22.1. The van der Waals surface area contributed by atoms with Crippen molar-refractivity contribution < 1.29 is 23.8 Å². The van der Waals surface area contributed by atoms with E-state index in [0.717, 1.165) is 5.56 Å². The molecular formula is C24H22N2O5. The summed E-state index contributed by atoms with van der Waals surface area (Å²) in [6.45, 7) is 1.82. The summed E-state index contributed by atoms with van der Waals surface area (Å²) in [4.78, 5) is 24.1. The lowest BCUT2D eigenvalue weighted by Gasteiger charge is -2.06. The number of hydrazone groups is 1. The average molecular weight is 418 g/mol. The number of methoxy groups -OCH3 is 1. The Morgan fingerprint density at radius 2 is 1.65 bits per heavy atom. The lowest BCUT2D eigenvalue weighted by molar-refractivity contribution is -0.123. The molecule has 31 heavy (non-hydrogen) atoms. The van der Waals surface area contributed by atoms with Gasteiger partial charge in [-0.2, -0.15) is 5.10 Å². The van der Waals surface area contributed by atoms with Crippen molar-refractivity contribution in [1.29, 1.82) is 0 Å². The van der Waals surface area contributed by atoms with Gasteiger partial charge in [-0.3, -0.25) is 4.79 Å². The minimum atomic E-state index is -0.488. The van der Waals surface area contributed by atoms with E-state index >= 15 is 0 Å². The lowest BCUT2D eigenvalue weighted by Crippen LogP contribution is -2.24. The zero-order valence-corrected chi connectivity index (χ0v) is 17.2. The molecule has 0 bridgehead atoms. The van der Waals surface area contributed by atoms with Crippen molar-refractivity contribution in [2.75, 3.05) is 13.7 Å². The molecule has 0 aromatic heterocycles. The molecule has 0 heterocycles. The first-order valence-electron chi connectivity index (χ1n) is 9.51. The van der Waals surface area contributed by atoms with Crippen LogP contribution in [-0.4, -0.2) is 31.8 Å². The molecule has 0 aliphatic carbocycles. The maximum Gasteiger partial charge on any atom is 0.343 e. The Morgan fingerprint density at radius 1 is 0.935 bits per heavy atom. The molecule has 7 heteroatoms. The predicted molar refractivity (Wildman–Crippen MR) is 117 cm³/mol. The topological polar surface area (TPSA) is 86.2 Å². The highest BCUT2D eigenvalue weighted by atomic mass is 16.5. The summed E-state index contributed by atoms with van der Waals surface area (Å²) >= 11 is 0. The lowest BCUT2D eigenvalue weighted by atomic mass is 10.2. The fourth-order valence-electron chi connectivity index (χ4n) is 2.55. The number of esters is 1. The van der Waals surface area contributed by atoms with Gasteiger partial charge in [0.15, 0.2) is 6.61 Å². The number of ether oxygens (including phenoxy) is 3. The molecule has 0 saturated carbocycles. The number of amides is 1. The van der Waals surface area contributed by atoms with Gasteiger partial charge in [-0.1, -0.05) is 29.8 Å². The summed E-state index contributed by atoms with van der Waals surface area (Å²) in [6.07, 6.45) is 1.45. The van der Waals surface area contributed by atoms with Crippen molar-refractivity contribution in [2.24, 2.45) is 5.10 Å². The van der Waals surface area contributed by atoms with Crippen LogP contribution in [0.3, 0.4) is 0 Å². The summed E-state index contributed by atoms with van der Waals surface area (Å²) in [7, 11) is 1.56. The van der Waals surface area contributed by atoms with Crippen molar-refractivity contribution in [3.05, 3.63) is 89.5 Å². The molecule has 158 valence electrons. The smallest absolute Gasteiger partial charge is 0.343 e. The van der Waals surface area contributed by atoms with Crippen LogP contribution in [0.25, 0.3) is 0 Å². The third kappa shape index (κ3) is 6.71. The van der Waals surface area contributed by atoms with Gasteiger partial charge in [0.25, 0.3) is 5.91 Å². The molecule has 0 unspecified atom stereocenters. The van der Waals surface area contributed by atoms with Crippen LogP contribution in [0.5, 0.6) is 17.2 Å². The van der Waals surface area contributed by atoms with E-state index in [4.69, 9.17) is 14.2 Å². The number of carbonyl (C=O) groups excluding carboxylic acids is 2. The van der Waals surface area contributed by atoms with Crippen LogP contribution in [0, 0.1) is 6.92 Å².